The van der Waals surface area contributed by atoms with Crippen LogP contribution in [0.3, 0.4) is 0 Å². The van der Waals surface area contributed by atoms with Gasteiger partial charge in [-0.05, 0) is 47.4 Å². The third kappa shape index (κ3) is 3.74. The van der Waals surface area contributed by atoms with Crippen LogP contribution in [0.15, 0.2) is 72.8 Å². The molecule has 0 N–H and O–H groups in total. The highest BCUT2D eigenvalue weighted by Crippen LogP contribution is 2.33. The van der Waals surface area contributed by atoms with Crippen molar-refractivity contribution in [2.45, 2.75) is 6.92 Å². The van der Waals surface area contributed by atoms with Gasteiger partial charge >= 0.3 is 0 Å². The molecular weight excluding hydrogens is 308 g/mol. The van der Waals surface area contributed by atoms with Gasteiger partial charge < -0.3 is 9.47 Å². The number of ether oxygens (including phenoxy) is 2. The molecule has 0 atom stereocenters. The molecule has 0 saturated heterocycles. The van der Waals surface area contributed by atoms with E-state index in [0.717, 1.165) is 39.3 Å². The van der Waals surface area contributed by atoms with Crippen LogP contribution in [0.4, 0.5) is 0 Å². The third-order valence-electron chi connectivity index (χ3n) is 4.22. The highest BCUT2D eigenvalue weighted by atomic mass is 16.5. The Morgan fingerprint density at radius 3 is 1.72 bits per heavy atom. The van der Waals surface area contributed by atoms with Gasteiger partial charge in [-0.2, -0.15) is 0 Å². The summed E-state index contributed by atoms with van der Waals surface area (Å²) in [5.74, 6) is 1.69. The Bertz CT molecular complexity index is 824. The van der Waals surface area contributed by atoms with Gasteiger partial charge in [-0.3, -0.25) is 0 Å². The lowest BCUT2D eigenvalue weighted by Crippen LogP contribution is -1.94. The minimum atomic E-state index is 0.836. The van der Waals surface area contributed by atoms with Gasteiger partial charge in [-0.15, -0.1) is 0 Å². The van der Waals surface area contributed by atoms with E-state index in [4.69, 9.17) is 9.47 Å². The van der Waals surface area contributed by atoms with E-state index in [1.165, 1.54) is 0 Å². The predicted octanol–water partition coefficient (Wildman–Crippen LogP) is 5.60. The van der Waals surface area contributed by atoms with Crippen molar-refractivity contribution in [1.82, 2.24) is 0 Å². The van der Waals surface area contributed by atoms with Crippen LogP contribution < -0.4 is 9.47 Å². The van der Waals surface area contributed by atoms with E-state index >= 15 is 0 Å². The summed E-state index contributed by atoms with van der Waals surface area (Å²) in [6.07, 6.45) is 2.16. The molecule has 0 saturated carbocycles. The van der Waals surface area contributed by atoms with E-state index in [1.807, 2.05) is 31.2 Å². The van der Waals surface area contributed by atoms with E-state index in [1.54, 1.807) is 14.2 Å². The quantitative estimate of drug-likeness (QED) is 0.567. The summed E-state index contributed by atoms with van der Waals surface area (Å²) < 4.78 is 11.1. The average Bonchev–Trinajstić information content (AvgIpc) is 2.68. The Morgan fingerprint density at radius 1 is 0.720 bits per heavy atom. The highest BCUT2D eigenvalue weighted by molar-refractivity contribution is 5.92. The van der Waals surface area contributed by atoms with Crippen molar-refractivity contribution in [2.24, 2.45) is 0 Å². The van der Waals surface area contributed by atoms with Crippen LogP contribution in [0.5, 0.6) is 11.5 Å². The summed E-state index contributed by atoms with van der Waals surface area (Å²) in [4.78, 5) is 0. The minimum absolute atomic E-state index is 0.836. The van der Waals surface area contributed by atoms with Gasteiger partial charge in [0, 0.05) is 5.56 Å². The monoisotopic (exact) mass is 330 g/mol. The molecule has 0 aliphatic heterocycles. The van der Waals surface area contributed by atoms with Crippen LogP contribution in [0.25, 0.3) is 11.6 Å². The van der Waals surface area contributed by atoms with Gasteiger partial charge in [0.15, 0.2) is 0 Å². The Hall–Kier alpha value is -3.00. The summed E-state index contributed by atoms with van der Waals surface area (Å²) in [6, 6.07) is 24.8. The molecule has 2 nitrogen and oxygen atoms in total. The summed E-state index contributed by atoms with van der Waals surface area (Å²) in [5, 5.41) is 0. The van der Waals surface area contributed by atoms with Gasteiger partial charge in [-0.25, -0.2) is 0 Å². The number of benzene rings is 3. The van der Waals surface area contributed by atoms with Crippen molar-refractivity contribution in [1.29, 1.82) is 0 Å². The molecule has 3 aromatic rings. The molecule has 0 aromatic heterocycles. The van der Waals surface area contributed by atoms with Crippen LogP contribution in [-0.4, -0.2) is 14.2 Å². The fourth-order valence-electron chi connectivity index (χ4n) is 2.91. The van der Waals surface area contributed by atoms with Crippen molar-refractivity contribution in [3.8, 4) is 11.5 Å². The summed E-state index contributed by atoms with van der Waals surface area (Å²) in [5.41, 5.74) is 5.51. The van der Waals surface area contributed by atoms with Gasteiger partial charge in [-0.1, -0.05) is 60.7 Å². The maximum absolute atomic E-state index is 5.60. The second-order valence-corrected chi connectivity index (χ2v) is 5.85. The zero-order chi connectivity index (χ0) is 17.6. The summed E-state index contributed by atoms with van der Waals surface area (Å²) in [7, 11) is 3.39. The Labute approximate surface area is 149 Å². The molecule has 0 heterocycles. The molecule has 0 fully saturated rings. The fourth-order valence-corrected chi connectivity index (χ4v) is 2.91. The van der Waals surface area contributed by atoms with E-state index in [2.05, 4.69) is 54.6 Å². The lowest BCUT2D eigenvalue weighted by molar-refractivity contribution is 0.400. The standard InChI is InChI=1S/C23H22O2/c1-17-14-23(25-3)20(16-22(17)24-2)15-21(18-10-6-4-7-11-18)19-12-8-5-9-13-19/h4-16H,1-3H3. The molecule has 0 aliphatic rings. The number of aryl methyl sites for hydroxylation is 1. The highest BCUT2D eigenvalue weighted by Gasteiger charge is 2.10. The molecule has 0 aliphatic carbocycles. The molecule has 126 valence electrons. The molecule has 0 spiro atoms. The van der Waals surface area contributed by atoms with Gasteiger partial charge in [0.2, 0.25) is 0 Å². The van der Waals surface area contributed by atoms with Crippen molar-refractivity contribution in [2.75, 3.05) is 14.2 Å². The molecule has 0 bridgehead atoms. The normalized spacial score (nSPS) is 10.2. The topological polar surface area (TPSA) is 18.5 Å². The third-order valence-corrected chi connectivity index (χ3v) is 4.22. The minimum Gasteiger partial charge on any atom is -0.496 e. The molecule has 25 heavy (non-hydrogen) atoms. The number of methoxy groups -OCH3 is 2. The lowest BCUT2D eigenvalue weighted by Gasteiger charge is -2.13. The van der Waals surface area contributed by atoms with Crippen LogP contribution in [0.1, 0.15) is 22.3 Å². The molecule has 3 rings (SSSR count). The second kappa shape index (κ2) is 7.71. The van der Waals surface area contributed by atoms with Crippen molar-refractivity contribution < 1.29 is 9.47 Å². The SMILES string of the molecule is COc1cc(C=C(c2ccccc2)c2ccccc2)c(OC)cc1C. The molecule has 3 aromatic carbocycles. The summed E-state index contributed by atoms with van der Waals surface area (Å²) >= 11 is 0. The first-order chi connectivity index (χ1) is 12.2. The molecule has 0 unspecified atom stereocenters. The zero-order valence-electron chi connectivity index (χ0n) is 14.8. The van der Waals surface area contributed by atoms with Crippen LogP contribution in [0.2, 0.25) is 0 Å². The van der Waals surface area contributed by atoms with Crippen LogP contribution >= 0.6 is 0 Å². The number of hydrogen-bond donors (Lipinski definition) is 0. The molecule has 0 amide bonds. The average molecular weight is 330 g/mol. The van der Waals surface area contributed by atoms with Gasteiger partial charge in [0.05, 0.1) is 14.2 Å². The number of rotatable bonds is 5. The fraction of sp³-hybridized carbons (Fsp3) is 0.130. The van der Waals surface area contributed by atoms with E-state index in [-0.39, 0.29) is 0 Å². The van der Waals surface area contributed by atoms with Crippen molar-refractivity contribution in [3.63, 3.8) is 0 Å². The van der Waals surface area contributed by atoms with E-state index < -0.39 is 0 Å². The summed E-state index contributed by atoms with van der Waals surface area (Å²) in [6.45, 7) is 2.02. The maximum atomic E-state index is 5.60. The Balaban J connectivity index is 2.20. The Kier molecular flexibility index (Phi) is 5.20. The van der Waals surface area contributed by atoms with Gasteiger partial charge in [0.1, 0.15) is 11.5 Å². The number of hydrogen-bond acceptors (Lipinski definition) is 2. The molecular formula is C23H22O2. The van der Waals surface area contributed by atoms with Crippen LogP contribution in [-0.2, 0) is 0 Å². The first-order valence-electron chi connectivity index (χ1n) is 8.28. The second-order valence-electron chi connectivity index (χ2n) is 5.85. The molecule has 2 heteroatoms. The predicted molar refractivity (Wildman–Crippen MR) is 104 cm³/mol. The lowest BCUT2D eigenvalue weighted by atomic mass is 9.95. The first-order valence-corrected chi connectivity index (χ1v) is 8.28. The smallest absolute Gasteiger partial charge is 0.126 e. The van der Waals surface area contributed by atoms with Crippen molar-refractivity contribution >= 4 is 11.6 Å². The first kappa shape index (κ1) is 16.8. The largest absolute Gasteiger partial charge is 0.496 e. The maximum Gasteiger partial charge on any atom is 0.126 e. The van der Waals surface area contributed by atoms with E-state index in [0.29, 0.717) is 0 Å². The Morgan fingerprint density at radius 2 is 1.24 bits per heavy atom. The van der Waals surface area contributed by atoms with Gasteiger partial charge in [0.25, 0.3) is 0 Å². The van der Waals surface area contributed by atoms with E-state index in [9.17, 15) is 0 Å². The zero-order valence-corrected chi connectivity index (χ0v) is 14.8. The van der Waals surface area contributed by atoms with Crippen molar-refractivity contribution in [3.05, 3.63) is 95.1 Å². The van der Waals surface area contributed by atoms with Crippen LogP contribution in [0, 0.1) is 6.92 Å². The molecule has 0 radical (unpaired) electrons.